The highest BCUT2D eigenvalue weighted by atomic mass is 32.2. The van der Waals surface area contributed by atoms with Gasteiger partial charge in [-0.05, 0) is 62.4 Å². The largest absolute Gasteiger partial charge is 0.302 e. The van der Waals surface area contributed by atoms with Crippen LogP contribution in [0.4, 0.5) is 0 Å². The normalized spacial score (nSPS) is 17.0. The lowest BCUT2D eigenvalue weighted by atomic mass is 10.1. The van der Waals surface area contributed by atoms with Gasteiger partial charge in [0.15, 0.2) is 0 Å². The number of hydrogen-bond acceptors (Lipinski definition) is 10. The Hall–Kier alpha value is -0.780. The Kier molecular flexibility index (Phi) is 13.3. The highest BCUT2D eigenvalue weighted by molar-refractivity contribution is 7.99. The fourth-order valence-corrected chi connectivity index (χ4v) is 7.25. The Labute approximate surface area is 228 Å². The van der Waals surface area contributed by atoms with Crippen LogP contribution < -0.4 is 0 Å². The summed E-state index contributed by atoms with van der Waals surface area (Å²) < 4.78 is 17.8. The van der Waals surface area contributed by atoms with Gasteiger partial charge in [-0.25, -0.2) is 0 Å². The summed E-state index contributed by atoms with van der Waals surface area (Å²) in [7, 11) is 4.33. The molecule has 4 heterocycles. The third kappa shape index (κ3) is 9.55. The SMILES string of the molecule is CCCCCCSc1nsnc1C1=CCCN(C)C1.CCCSc1nsnc1C1=CCCN(C)C1. The standard InChI is InChI=1S/C14H23N3S2.C11H17N3S2/c1-3-4-5-6-10-18-14-13(15-19-16-14)12-8-7-9-17(2)11-12;1-3-7-15-11-10(12-16-13-11)9-5-4-6-14(2)8-9/h8H,3-7,9-11H2,1-2H3;5H,3-4,6-8H2,1-2H3. The van der Waals surface area contributed by atoms with Crippen molar-refractivity contribution in [1.82, 2.24) is 27.3 Å². The summed E-state index contributed by atoms with van der Waals surface area (Å²) >= 11 is 6.38. The van der Waals surface area contributed by atoms with Crippen molar-refractivity contribution >= 4 is 58.1 Å². The topological polar surface area (TPSA) is 58.0 Å². The molecule has 0 saturated carbocycles. The van der Waals surface area contributed by atoms with Crippen molar-refractivity contribution in [2.45, 2.75) is 68.8 Å². The molecular formula is C25H40N6S4. The van der Waals surface area contributed by atoms with Gasteiger partial charge in [0, 0.05) is 26.2 Å². The van der Waals surface area contributed by atoms with Crippen molar-refractivity contribution in [3.05, 3.63) is 23.5 Å². The summed E-state index contributed by atoms with van der Waals surface area (Å²) in [5.74, 6) is 2.29. The van der Waals surface area contributed by atoms with Gasteiger partial charge in [0.2, 0.25) is 0 Å². The molecule has 0 spiro atoms. The summed E-state index contributed by atoms with van der Waals surface area (Å²) in [6.45, 7) is 8.76. The van der Waals surface area contributed by atoms with E-state index in [0.717, 1.165) is 66.2 Å². The average molecular weight is 553 g/mol. The first-order valence-electron chi connectivity index (χ1n) is 12.8. The molecule has 2 aliphatic rings. The van der Waals surface area contributed by atoms with Gasteiger partial charge in [0.25, 0.3) is 0 Å². The van der Waals surface area contributed by atoms with Crippen molar-refractivity contribution in [3.63, 3.8) is 0 Å². The third-order valence-corrected chi connectivity index (χ3v) is 9.40. The predicted molar refractivity (Wildman–Crippen MR) is 156 cm³/mol. The van der Waals surface area contributed by atoms with Crippen LogP contribution in [-0.4, -0.2) is 79.1 Å². The maximum atomic E-state index is 4.50. The second kappa shape index (κ2) is 16.1. The van der Waals surface area contributed by atoms with Crippen LogP contribution in [0.25, 0.3) is 11.1 Å². The number of rotatable bonds is 11. The number of hydrogen-bond donors (Lipinski definition) is 0. The molecule has 0 atom stereocenters. The molecule has 0 unspecified atom stereocenters. The van der Waals surface area contributed by atoms with Gasteiger partial charge in [-0.1, -0.05) is 45.3 Å². The highest BCUT2D eigenvalue weighted by Crippen LogP contribution is 2.30. The quantitative estimate of drug-likeness (QED) is 0.226. The van der Waals surface area contributed by atoms with Gasteiger partial charge in [-0.2, -0.15) is 17.5 Å². The molecule has 0 N–H and O–H groups in total. The predicted octanol–water partition coefficient (Wildman–Crippen LogP) is 6.69. The minimum Gasteiger partial charge on any atom is -0.302 e. The molecule has 10 heteroatoms. The third-order valence-electron chi connectivity index (χ3n) is 5.89. The van der Waals surface area contributed by atoms with Crippen LogP contribution in [-0.2, 0) is 0 Å². The molecule has 0 amide bonds. The Balaban J connectivity index is 0.000000198. The van der Waals surface area contributed by atoms with E-state index in [0.29, 0.717) is 0 Å². The Morgan fingerprint density at radius 2 is 1.26 bits per heavy atom. The second-order valence-corrected chi connectivity index (χ2v) is 12.3. The van der Waals surface area contributed by atoms with E-state index in [1.54, 1.807) is 0 Å². The van der Waals surface area contributed by atoms with Gasteiger partial charge in [0.1, 0.15) is 21.4 Å². The smallest absolute Gasteiger partial charge is 0.138 e. The summed E-state index contributed by atoms with van der Waals surface area (Å²) in [4.78, 5) is 4.69. The van der Waals surface area contributed by atoms with Crippen LogP contribution in [0.15, 0.2) is 22.2 Å². The van der Waals surface area contributed by atoms with Crippen LogP contribution >= 0.6 is 47.0 Å². The Morgan fingerprint density at radius 3 is 1.74 bits per heavy atom. The molecule has 0 fully saturated rings. The fraction of sp³-hybridized carbons (Fsp3) is 0.680. The fourth-order valence-electron chi connectivity index (χ4n) is 3.97. The molecule has 0 saturated heterocycles. The van der Waals surface area contributed by atoms with Gasteiger partial charge in [0.05, 0.1) is 23.5 Å². The van der Waals surface area contributed by atoms with Gasteiger partial charge in [-0.15, -0.1) is 23.5 Å². The van der Waals surface area contributed by atoms with Crippen molar-refractivity contribution in [3.8, 4) is 0 Å². The molecule has 35 heavy (non-hydrogen) atoms. The van der Waals surface area contributed by atoms with E-state index in [2.05, 4.69) is 67.4 Å². The van der Waals surface area contributed by atoms with E-state index in [1.165, 1.54) is 72.5 Å². The highest BCUT2D eigenvalue weighted by Gasteiger charge is 2.18. The van der Waals surface area contributed by atoms with E-state index in [1.807, 2.05) is 23.5 Å². The number of likely N-dealkylation sites (N-methyl/N-ethyl adjacent to an activating group) is 2. The molecule has 0 radical (unpaired) electrons. The van der Waals surface area contributed by atoms with Crippen molar-refractivity contribution in [2.75, 3.05) is 51.8 Å². The molecule has 194 valence electrons. The monoisotopic (exact) mass is 552 g/mol. The number of aromatic nitrogens is 4. The van der Waals surface area contributed by atoms with E-state index in [-0.39, 0.29) is 0 Å². The van der Waals surface area contributed by atoms with Crippen LogP contribution in [0.5, 0.6) is 0 Å². The average Bonchev–Trinajstić information content (AvgIpc) is 3.53. The van der Waals surface area contributed by atoms with Crippen LogP contribution in [0.2, 0.25) is 0 Å². The first-order chi connectivity index (χ1) is 17.1. The molecule has 0 aliphatic carbocycles. The zero-order valence-corrected chi connectivity index (χ0v) is 24.9. The molecule has 0 aromatic carbocycles. The molecule has 2 aliphatic heterocycles. The molecule has 2 aromatic heterocycles. The maximum Gasteiger partial charge on any atom is 0.138 e. The van der Waals surface area contributed by atoms with Gasteiger partial charge in [-0.3, -0.25) is 0 Å². The summed E-state index contributed by atoms with van der Waals surface area (Å²) in [6.07, 6.45) is 13.3. The van der Waals surface area contributed by atoms with Crippen molar-refractivity contribution in [2.24, 2.45) is 0 Å². The van der Waals surface area contributed by atoms with E-state index in [9.17, 15) is 0 Å². The van der Waals surface area contributed by atoms with Crippen molar-refractivity contribution in [1.29, 1.82) is 0 Å². The summed E-state index contributed by atoms with van der Waals surface area (Å²) in [5.41, 5.74) is 4.96. The van der Waals surface area contributed by atoms with Crippen LogP contribution in [0, 0.1) is 0 Å². The number of unbranched alkanes of at least 4 members (excludes halogenated alkanes) is 3. The number of nitrogens with zero attached hydrogens (tertiary/aromatic N) is 6. The van der Waals surface area contributed by atoms with E-state index in [4.69, 9.17) is 0 Å². The van der Waals surface area contributed by atoms with Crippen LogP contribution in [0.3, 0.4) is 0 Å². The van der Waals surface area contributed by atoms with Crippen LogP contribution in [0.1, 0.15) is 70.2 Å². The lowest BCUT2D eigenvalue weighted by molar-refractivity contribution is 0.372. The Bertz CT molecular complexity index is 938. The minimum atomic E-state index is 1.01. The minimum absolute atomic E-state index is 1.01. The van der Waals surface area contributed by atoms with Gasteiger partial charge < -0.3 is 9.80 Å². The zero-order valence-electron chi connectivity index (χ0n) is 21.7. The maximum absolute atomic E-state index is 4.50. The first kappa shape index (κ1) is 28.8. The molecule has 4 rings (SSSR count). The first-order valence-corrected chi connectivity index (χ1v) is 16.2. The Morgan fingerprint density at radius 1 is 0.714 bits per heavy atom. The second-order valence-electron chi connectivity index (χ2n) is 9.11. The lowest BCUT2D eigenvalue weighted by Crippen LogP contribution is -2.25. The van der Waals surface area contributed by atoms with Gasteiger partial charge >= 0.3 is 0 Å². The number of thioether (sulfide) groups is 2. The summed E-state index contributed by atoms with van der Waals surface area (Å²) in [6, 6.07) is 0. The lowest BCUT2D eigenvalue weighted by Gasteiger charge is -2.22. The zero-order chi connectivity index (χ0) is 24.9. The molecule has 2 aromatic rings. The molecule has 6 nitrogen and oxygen atoms in total. The molecule has 0 bridgehead atoms. The molecular weight excluding hydrogens is 513 g/mol. The van der Waals surface area contributed by atoms with E-state index < -0.39 is 0 Å². The summed E-state index contributed by atoms with van der Waals surface area (Å²) in [5, 5.41) is 2.26. The van der Waals surface area contributed by atoms with E-state index >= 15 is 0 Å². The van der Waals surface area contributed by atoms with Crippen molar-refractivity contribution < 1.29 is 0 Å².